The van der Waals surface area contributed by atoms with Crippen LogP contribution >= 0.6 is 22.7 Å². The fourth-order valence-electron chi connectivity index (χ4n) is 11.5. The smallest absolute Gasteiger partial charge is 0.197 e. The van der Waals surface area contributed by atoms with Crippen LogP contribution in [0.5, 0.6) is 0 Å². The molecule has 6 heteroatoms. The van der Waals surface area contributed by atoms with Crippen molar-refractivity contribution in [2.45, 2.75) is 37.5 Å². The number of Topliss-reactive ketones (excluding diaryl/α,β-unsaturated/α-hetero) is 4. The maximum Gasteiger partial charge on any atom is 0.197 e. The van der Waals surface area contributed by atoms with E-state index in [-0.39, 0.29) is 39.7 Å². The lowest BCUT2D eigenvalue weighted by atomic mass is 9.67. The summed E-state index contributed by atoms with van der Waals surface area (Å²) in [7, 11) is 0. The number of thiophene rings is 2. The van der Waals surface area contributed by atoms with Gasteiger partial charge in [0.1, 0.15) is 0 Å². The van der Waals surface area contributed by atoms with Crippen LogP contribution in [0.15, 0.2) is 145 Å². The molecule has 0 unspecified atom stereocenters. The normalized spacial score (nSPS) is 16.3. The molecular formula is C58H34O4S2. The van der Waals surface area contributed by atoms with Gasteiger partial charge in [-0.25, -0.2) is 0 Å². The second kappa shape index (κ2) is 13.0. The SMILES string of the molecule is O=C1C(=Cc2cc3cc4c(cc3s2)-c2cc3sc(C=C5C(=O)c6cc7cc8ccccc8cc7cc6C5=O)cc3cc2C42CCCCC2)C(=O)c2cc3cc4ccccc4cc3cc21. The van der Waals surface area contributed by atoms with Gasteiger partial charge < -0.3 is 0 Å². The highest BCUT2D eigenvalue weighted by molar-refractivity contribution is 7.20. The van der Waals surface area contributed by atoms with Crippen LogP contribution in [0.25, 0.3) is 86.5 Å². The zero-order chi connectivity index (χ0) is 42.6. The van der Waals surface area contributed by atoms with Crippen molar-refractivity contribution in [3.05, 3.63) is 188 Å². The number of carbonyl (C=O) groups is 4. The van der Waals surface area contributed by atoms with Gasteiger partial charge in [0.2, 0.25) is 0 Å². The minimum absolute atomic E-state index is 0.107. The molecule has 10 aromatic rings. The Hall–Kier alpha value is -7.12. The maximum absolute atomic E-state index is 13.9. The van der Waals surface area contributed by atoms with Gasteiger partial charge in [-0.3, -0.25) is 19.2 Å². The molecule has 0 aliphatic heterocycles. The summed E-state index contributed by atoms with van der Waals surface area (Å²) in [6.07, 6.45) is 9.28. The van der Waals surface area contributed by atoms with Crippen LogP contribution < -0.4 is 0 Å². The van der Waals surface area contributed by atoms with Crippen LogP contribution in [-0.4, -0.2) is 23.1 Å². The summed E-state index contributed by atoms with van der Waals surface area (Å²) in [5, 5.41) is 10.5. The van der Waals surface area contributed by atoms with E-state index >= 15 is 0 Å². The Morgan fingerprint density at radius 1 is 0.359 bits per heavy atom. The molecule has 1 fully saturated rings. The number of benzene rings is 8. The maximum atomic E-state index is 13.9. The van der Waals surface area contributed by atoms with E-state index in [1.165, 1.54) is 28.7 Å². The van der Waals surface area contributed by atoms with Gasteiger partial charge in [-0.2, -0.15) is 0 Å². The highest BCUT2D eigenvalue weighted by atomic mass is 32.1. The molecule has 0 saturated heterocycles. The number of ketones is 4. The molecule has 0 bridgehead atoms. The van der Waals surface area contributed by atoms with Crippen molar-refractivity contribution in [1.29, 1.82) is 0 Å². The molecule has 0 N–H and O–H groups in total. The molecule has 302 valence electrons. The average molecular weight is 859 g/mol. The van der Waals surface area contributed by atoms with Gasteiger partial charge in [-0.05, 0) is 186 Å². The zero-order valence-electron chi connectivity index (χ0n) is 34.3. The first-order chi connectivity index (χ1) is 31.3. The summed E-state index contributed by atoms with van der Waals surface area (Å²) in [6, 6.07) is 45.9. The quantitative estimate of drug-likeness (QED) is 0.0986. The molecule has 4 nitrogen and oxygen atoms in total. The van der Waals surface area contributed by atoms with E-state index in [0.29, 0.717) is 22.3 Å². The van der Waals surface area contributed by atoms with Crippen LogP contribution in [-0.2, 0) is 5.41 Å². The summed E-state index contributed by atoms with van der Waals surface area (Å²) >= 11 is 3.24. The third-order valence-electron chi connectivity index (χ3n) is 14.6. The van der Waals surface area contributed by atoms with E-state index in [9.17, 15) is 19.2 Å². The lowest BCUT2D eigenvalue weighted by Crippen LogP contribution is -2.28. The number of allylic oxidation sites excluding steroid dienone is 2. The van der Waals surface area contributed by atoms with E-state index in [2.05, 4.69) is 84.9 Å². The number of fused-ring (bicyclic) bond motifs is 13. The number of hydrogen-bond acceptors (Lipinski definition) is 6. The van der Waals surface area contributed by atoms with Crippen molar-refractivity contribution in [2.75, 3.05) is 0 Å². The van der Waals surface area contributed by atoms with Crippen molar-refractivity contribution >= 4 is 121 Å². The minimum Gasteiger partial charge on any atom is -0.288 e. The van der Waals surface area contributed by atoms with Gasteiger partial charge in [0.15, 0.2) is 23.1 Å². The molecule has 64 heavy (non-hydrogen) atoms. The van der Waals surface area contributed by atoms with Gasteiger partial charge in [-0.1, -0.05) is 67.8 Å². The van der Waals surface area contributed by atoms with Gasteiger partial charge in [0.25, 0.3) is 0 Å². The van der Waals surface area contributed by atoms with E-state index in [0.717, 1.165) is 98.7 Å². The Bertz CT molecular complexity index is 3550. The van der Waals surface area contributed by atoms with Crippen LogP contribution in [0.1, 0.15) is 94.4 Å². The lowest BCUT2D eigenvalue weighted by Gasteiger charge is -2.36. The van der Waals surface area contributed by atoms with Crippen molar-refractivity contribution < 1.29 is 19.2 Å². The molecular weight excluding hydrogens is 825 g/mol. The molecule has 1 saturated carbocycles. The molecule has 2 heterocycles. The van der Waals surface area contributed by atoms with Gasteiger partial charge >= 0.3 is 0 Å². The average Bonchev–Trinajstić information content (AvgIpc) is 4.08. The van der Waals surface area contributed by atoms with E-state index in [1.54, 1.807) is 34.8 Å². The number of hydrogen-bond donors (Lipinski definition) is 0. The second-order valence-corrected chi connectivity index (χ2v) is 20.4. The predicted molar refractivity (Wildman–Crippen MR) is 263 cm³/mol. The monoisotopic (exact) mass is 858 g/mol. The molecule has 8 aromatic carbocycles. The van der Waals surface area contributed by atoms with Crippen molar-refractivity contribution in [3.8, 4) is 11.1 Å². The van der Waals surface area contributed by atoms with Gasteiger partial charge in [0, 0.05) is 46.8 Å². The van der Waals surface area contributed by atoms with Crippen LogP contribution in [0.2, 0.25) is 0 Å². The minimum atomic E-state index is -0.214. The highest BCUT2D eigenvalue weighted by Gasteiger charge is 2.44. The first-order valence-corrected chi connectivity index (χ1v) is 23.6. The zero-order valence-corrected chi connectivity index (χ0v) is 36.0. The second-order valence-electron chi connectivity index (χ2n) is 18.1. The van der Waals surface area contributed by atoms with Crippen molar-refractivity contribution in [1.82, 2.24) is 0 Å². The molecule has 0 amide bonds. The first kappa shape index (κ1) is 36.4. The fourth-order valence-corrected chi connectivity index (χ4v) is 13.6. The summed E-state index contributed by atoms with van der Waals surface area (Å²) in [5.74, 6) is -0.857. The topological polar surface area (TPSA) is 68.3 Å². The molecule has 0 atom stereocenters. The van der Waals surface area contributed by atoms with Gasteiger partial charge in [-0.15, -0.1) is 22.7 Å². The predicted octanol–water partition coefficient (Wildman–Crippen LogP) is 14.9. The lowest BCUT2D eigenvalue weighted by molar-refractivity contribution is 0.0975. The molecule has 4 aliphatic carbocycles. The van der Waals surface area contributed by atoms with Crippen LogP contribution in [0.4, 0.5) is 0 Å². The number of carbonyl (C=O) groups excluding carboxylic acids is 4. The van der Waals surface area contributed by atoms with Gasteiger partial charge in [0.05, 0.1) is 11.1 Å². The first-order valence-electron chi connectivity index (χ1n) is 22.0. The van der Waals surface area contributed by atoms with Crippen molar-refractivity contribution in [3.63, 3.8) is 0 Å². The van der Waals surface area contributed by atoms with E-state index < -0.39 is 0 Å². The molecule has 2 aromatic heterocycles. The Morgan fingerprint density at radius 3 is 1.08 bits per heavy atom. The van der Waals surface area contributed by atoms with E-state index in [4.69, 9.17) is 0 Å². The summed E-state index contributed by atoms with van der Waals surface area (Å²) in [6.45, 7) is 0. The summed E-state index contributed by atoms with van der Waals surface area (Å²) in [4.78, 5) is 57.3. The van der Waals surface area contributed by atoms with E-state index in [1.807, 2.05) is 48.5 Å². The molecule has 14 rings (SSSR count). The fraction of sp³-hybridized carbons (Fsp3) is 0.103. The summed E-state index contributed by atoms with van der Waals surface area (Å²) < 4.78 is 2.24. The summed E-state index contributed by atoms with van der Waals surface area (Å²) in [5.41, 5.74) is 7.47. The largest absolute Gasteiger partial charge is 0.288 e. The Balaban J connectivity index is 0.831. The molecule has 4 aliphatic rings. The molecule has 0 radical (unpaired) electrons. The van der Waals surface area contributed by atoms with Crippen LogP contribution in [0, 0.1) is 0 Å². The highest BCUT2D eigenvalue weighted by Crippen LogP contribution is 2.58. The van der Waals surface area contributed by atoms with Crippen LogP contribution in [0.3, 0.4) is 0 Å². The Kier molecular flexibility index (Phi) is 7.38. The third-order valence-corrected chi connectivity index (χ3v) is 16.7. The van der Waals surface area contributed by atoms with Crippen molar-refractivity contribution in [2.24, 2.45) is 0 Å². The Labute approximate surface area is 374 Å². The third kappa shape index (κ3) is 5.09. The molecule has 1 spiro atoms. The Morgan fingerprint density at radius 2 is 0.719 bits per heavy atom. The standard InChI is InChI=1S/C58H34O4S2/c59-54-44-20-34-14-30-8-2-3-9-31(30)15-35(34)21-45(44)55(60)48(54)26-40-18-38-24-50-42(28-52(38)63-40)43-29-53-39(25-51(43)58(50)12-6-1-7-13-58)19-41(64-53)27-49-56(61)46-22-36-16-32-10-4-5-11-33(32)17-37(36)23-47(46)57(49)62/h2-5,8-11,14-29H,1,6-7,12-13H2. The number of rotatable bonds is 2.